The fourth-order valence-corrected chi connectivity index (χ4v) is 2.31. The summed E-state index contributed by atoms with van der Waals surface area (Å²) in [5.74, 6) is 2.04. The molecule has 0 saturated heterocycles. The lowest BCUT2D eigenvalue weighted by Gasteiger charge is -2.19. The van der Waals surface area contributed by atoms with Crippen molar-refractivity contribution < 1.29 is 9.84 Å². The van der Waals surface area contributed by atoms with Crippen LogP contribution in [0.5, 0.6) is 5.75 Å². The average molecular weight is 232 g/mol. The molecular formula is C15H20O2. The fourth-order valence-electron chi connectivity index (χ4n) is 2.31. The molecule has 0 aliphatic heterocycles. The van der Waals surface area contributed by atoms with Crippen LogP contribution >= 0.6 is 0 Å². The van der Waals surface area contributed by atoms with E-state index >= 15 is 0 Å². The van der Waals surface area contributed by atoms with Gasteiger partial charge in [0.1, 0.15) is 5.75 Å². The van der Waals surface area contributed by atoms with Crippen molar-refractivity contribution in [3.63, 3.8) is 0 Å². The molecule has 2 atom stereocenters. The second-order valence-electron chi connectivity index (χ2n) is 5.53. The van der Waals surface area contributed by atoms with Gasteiger partial charge in [-0.3, -0.25) is 0 Å². The SMILES string of the molecule is CC(C1CC1)C(O)c1ccc(OC2CC2)cc1. The van der Waals surface area contributed by atoms with Crippen molar-refractivity contribution in [2.45, 2.75) is 44.8 Å². The van der Waals surface area contributed by atoms with Crippen molar-refractivity contribution in [3.05, 3.63) is 29.8 Å². The first-order chi connectivity index (χ1) is 8.24. The second kappa shape index (κ2) is 4.34. The molecule has 0 radical (unpaired) electrons. The van der Waals surface area contributed by atoms with Gasteiger partial charge in [0.25, 0.3) is 0 Å². The van der Waals surface area contributed by atoms with E-state index in [1.165, 1.54) is 25.7 Å². The Morgan fingerprint density at radius 1 is 1.12 bits per heavy atom. The molecule has 2 aliphatic carbocycles. The lowest BCUT2D eigenvalue weighted by atomic mass is 9.93. The van der Waals surface area contributed by atoms with Gasteiger partial charge in [0, 0.05) is 0 Å². The summed E-state index contributed by atoms with van der Waals surface area (Å²) in [6, 6.07) is 7.97. The van der Waals surface area contributed by atoms with Crippen LogP contribution in [0.25, 0.3) is 0 Å². The highest BCUT2D eigenvalue weighted by Gasteiger charge is 2.33. The molecule has 2 fully saturated rings. The molecule has 3 rings (SSSR count). The zero-order chi connectivity index (χ0) is 11.8. The van der Waals surface area contributed by atoms with Crippen molar-refractivity contribution in [1.82, 2.24) is 0 Å². The summed E-state index contributed by atoms with van der Waals surface area (Å²) in [4.78, 5) is 0. The summed E-state index contributed by atoms with van der Waals surface area (Å²) in [6.07, 6.45) is 5.04. The van der Waals surface area contributed by atoms with Crippen molar-refractivity contribution >= 4 is 0 Å². The Bertz CT molecular complexity index is 376. The molecule has 0 bridgehead atoms. The Morgan fingerprint density at radius 3 is 2.29 bits per heavy atom. The molecule has 1 aromatic rings. The Hall–Kier alpha value is -1.02. The summed E-state index contributed by atoms with van der Waals surface area (Å²) in [6.45, 7) is 2.15. The molecule has 0 spiro atoms. The largest absolute Gasteiger partial charge is 0.490 e. The Labute approximate surface area is 103 Å². The molecule has 0 amide bonds. The molecule has 1 aromatic carbocycles. The van der Waals surface area contributed by atoms with Gasteiger partial charge in [0.15, 0.2) is 0 Å². The second-order valence-corrected chi connectivity index (χ2v) is 5.53. The lowest BCUT2D eigenvalue weighted by molar-refractivity contribution is 0.106. The first-order valence-corrected chi connectivity index (χ1v) is 6.69. The normalized spacial score (nSPS) is 23.2. The molecule has 2 nitrogen and oxygen atoms in total. The summed E-state index contributed by atoms with van der Waals surface area (Å²) in [5, 5.41) is 10.2. The van der Waals surface area contributed by atoms with E-state index in [-0.39, 0.29) is 6.10 Å². The summed E-state index contributed by atoms with van der Waals surface area (Å²) in [5.41, 5.74) is 1.02. The molecule has 2 aliphatic rings. The number of rotatable bonds is 5. The van der Waals surface area contributed by atoms with Crippen LogP contribution in [0.15, 0.2) is 24.3 Å². The van der Waals surface area contributed by atoms with E-state index in [1.807, 2.05) is 24.3 Å². The molecule has 92 valence electrons. The summed E-state index contributed by atoms with van der Waals surface area (Å²) in [7, 11) is 0. The zero-order valence-corrected chi connectivity index (χ0v) is 10.3. The molecule has 1 N–H and O–H groups in total. The third kappa shape index (κ3) is 2.63. The van der Waals surface area contributed by atoms with E-state index < -0.39 is 0 Å². The van der Waals surface area contributed by atoms with Gasteiger partial charge in [-0.1, -0.05) is 19.1 Å². The molecule has 2 heteroatoms. The van der Waals surface area contributed by atoms with Crippen molar-refractivity contribution in [2.75, 3.05) is 0 Å². The number of ether oxygens (including phenoxy) is 1. The Kier molecular flexibility index (Phi) is 2.83. The van der Waals surface area contributed by atoms with Gasteiger partial charge in [-0.15, -0.1) is 0 Å². The van der Waals surface area contributed by atoms with Gasteiger partial charge in [-0.2, -0.15) is 0 Å². The van der Waals surface area contributed by atoms with Gasteiger partial charge in [-0.25, -0.2) is 0 Å². The van der Waals surface area contributed by atoms with Crippen LogP contribution < -0.4 is 4.74 Å². The van der Waals surface area contributed by atoms with Crippen LogP contribution in [0, 0.1) is 11.8 Å². The zero-order valence-electron chi connectivity index (χ0n) is 10.3. The Morgan fingerprint density at radius 2 is 1.76 bits per heavy atom. The van der Waals surface area contributed by atoms with E-state index in [9.17, 15) is 5.11 Å². The van der Waals surface area contributed by atoms with Crippen LogP contribution in [0.1, 0.15) is 44.3 Å². The molecule has 0 aromatic heterocycles. The first kappa shape index (κ1) is 11.1. The van der Waals surface area contributed by atoms with E-state index in [4.69, 9.17) is 4.74 Å². The van der Waals surface area contributed by atoms with E-state index in [2.05, 4.69) is 6.92 Å². The smallest absolute Gasteiger partial charge is 0.119 e. The van der Waals surface area contributed by atoms with Gasteiger partial charge in [0.2, 0.25) is 0 Å². The summed E-state index contributed by atoms with van der Waals surface area (Å²) < 4.78 is 5.70. The maximum absolute atomic E-state index is 10.2. The summed E-state index contributed by atoms with van der Waals surface area (Å²) >= 11 is 0. The fraction of sp³-hybridized carbons (Fsp3) is 0.600. The highest BCUT2D eigenvalue weighted by atomic mass is 16.5. The monoisotopic (exact) mass is 232 g/mol. The van der Waals surface area contributed by atoms with Crippen LogP contribution in [-0.2, 0) is 0 Å². The van der Waals surface area contributed by atoms with Crippen molar-refractivity contribution in [1.29, 1.82) is 0 Å². The predicted molar refractivity (Wildman–Crippen MR) is 66.9 cm³/mol. The lowest BCUT2D eigenvalue weighted by Crippen LogP contribution is -2.11. The third-order valence-electron chi connectivity index (χ3n) is 3.91. The van der Waals surface area contributed by atoms with Crippen LogP contribution in [0.2, 0.25) is 0 Å². The van der Waals surface area contributed by atoms with Crippen LogP contribution in [-0.4, -0.2) is 11.2 Å². The minimum absolute atomic E-state index is 0.322. The predicted octanol–water partition coefficient (Wildman–Crippen LogP) is 3.31. The molecule has 2 saturated carbocycles. The van der Waals surface area contributed by atoms with Crippen LogP contribution in [0.4, 0.5) is 0 Å². The quantitative estimate of drug-likeness (QED) is 0.844. The highest BCUT2D eigenvalue weighted by molar-refractivity contribution is 5.29. The van der Waals surface area contributed by atoms with Gasteiger partial charge in [0.05, 0.1) is 12.2 Å². The van der Waals surface area contributed by atoms with Crippen molar-refractivity contribution in [3.8, 4) is 5.75 Å². The molecule has 0 heterocycles. The minimum Gasteiger partial charge on any atom is -0.490 e. The van der Waals surface area contributed by atoms with Crippen molar-refractivity contribution in [2.24, 2.45) is 11.8 Å². The first-order valence-electron chi connectivity index (χ1n) is 6.69. The standard InChI is InChI=1S/C15H20O2/c1-10(11-2-3-11)15(16)12-4-6-13(7-5-12)17-14-8-9-14/h4-7,10-11,14-16H,2-3,8-9H2,1H3. The Balaban J connectivity index is 1.65. The van der Waals surface area contributed by atoms with E-state index in [1.54, 1.807) is 0 Å². The van der Waals surface area contributed by atoms with Gasteiger partial charge in [-0.05, 0) is 55.2 Å². The maximum Gasteiger partial charge on any atom is 0.119 e. The van der Waals surface area contributed by atoms with Gasteiger partial charge >= 0.3 is 0 Å². The number of aliphatic hydroxyl groups is 1. The molecular weight excluding hydrogens is 212 g/mol. The number of hydrogen-bond acceptors (Lipinski definition) is 2. The number of benzene rings is 1. The topological polar surface area (TPSA) is 29.5 Å². The minimum atomic E-state index is -0.322. The van der Waals surface area contributed by atoms with E-state index in [0.717, 1.165) is 17.2 Å². The van der Waals surface area contributed by atoms with Gasteiger partial charge < -0.3 is 9.84 Å². The number of aliphatic hydroxyl groups excluding tert-OH is 1. The van der Waals surface area contributed by atoms with Crippen LogP contribution in [0.3, 0.4) is 0 Å². The maximum atomic E-state index is 10.2. The molecule has 2 unspecified atom stereocenters. The highest BCUT2D eigenvalue weighted by Crippen LogP contribution is 2.42. The van der Waals surface area contributed by atoms with E-state index in [0.29, 0.717) is 12.0 Å². The average Bonchev–Trinajstić information content (AvgIpc) is 3.21. The third-order valence-corrected chi connectivity index (χ3v) is 3.91. The number of hydrogen-bond donors (Lipinski definition) is 1. The molecule has 17 heavy (non-hydrogen) atoms.